The lowest BCUT2D eigenvalue weighted by molar-refractivity contribution is -0.121. The number of aryl methyl sites for hydroxylation is 1. The first kappa shape index (κ1) is 14.3. The standard InChI is InChI=1S/C16H20N2O2/c1-11(2)10-17-15(19)8-7-13-9-12-5-3-4-6-14(12)18-16(13)20/h3-6,9,11H,7-8,10H2,1-2H3,(H,17,19)(H,18,20). The van der Waals surface area contributed by atoms with Crippen molar-refractivity contribution < 1.29 is 4.79 Å². The lowest BCUT2D eigenvalue weighted by Gasteiger charge is -2.07. The number of aromatic amines is 1. The van der Waals surface area contributed by atoms with E-state index in [4.69, 9.17) is 0 Å². The molecule has 0 spiro atoms. The van der Waals surface area contributed by atoms with Crippen molar-refractivity contribution in [3.05, 3.63) is 46.2 Å². The van der Waals surface area contributed by atoms with Gasteiger partial charge in [0.2, 0.25) is 5.91 Å². The molecule has 1 heterocycles. The highest BCUT2D eigenvalue weighted by Gasteiger charge is 2.07. The van der Waals surface area contributed by atoms with Crippen molar-refractivity contribution in [1.29, 1.82) is 0 Å². The Labute approximate surface area is 118 Å². The van der Waals surface area contributed by atoms with Crippen molar-refractivity contribution in [1.82, 2.24) is 10.3 Å². The summed E-state index contributed by atoms with van der Waals surface area (Å²) in [7, 11) is 0. The fourth-order valence-corrected chi connectivity index (χ4v) is 2.03. The highest BCUT2D eigenvalue weighted by molar-refractivity contribution is 5.79. The Morgan fingerprint density at radius 3 is 2.80 bits per heavy atom. The van der Waals surface area contributed by atoms with E-state index in [-0.39, 0.29) is 11.5 Å². The summed E-state index contributed by atoms with van der Waals surface area (Å²) in [5, 5.41) is 3.85. The van der Waals surface area contributed by atoms with Crippen LogP contribution in [0, 0.1) is 5.92 Å². The van der Waals surface area contributed by atoms with Gasteiger partial charge in [0.25, 0.3) is 5.56 Å². The maximum absolute atomic E-state index is 11.9. The molecule has 106 valence electrons. The second-order valence-corrected chi connectivity index (χ2v) is 5.41. The molecule has 20 heavy (non-hydrogen) atoms. The molecule has 1 aromatic carbocycles. The van der Waals surface area contributed by atoms with Crippen molar-refractivity contribution >= 4 is 16.8 Å². The van der Waals surface area contributed by atoms with E-state index in [2.05, 4.69) is 10.3 Å². The number of hydrogen-bond donors (Lipinski definition) is 2. The zero-order valence-corrected chi connectivity index (χ0v) is 11.9. The number of fused-ring (bicyclic) bond motifs is 1. The van der Waals surface area contributed by atoms with Gasteiger partial charge in [0.15, 0.2) is 0 Å². The molecular weight excluding hydrogens is 252 g/mol. The topological polar surface area (TPSA) is 62.0 Å². The number of amides is 1. The zero-order chi connectivity index (χ0) is 14.5. The first-order valence-corrected chi connectivity index (χ1v) is 6.94. The van der Waals surface area contributed by atoms with Gasteiger partial charge in [-0.3, -0.25) is 9.59 Å². The van der Waals surface area contributed by atoms with Crippen molar-refractivity contribution in [3.8, 4) is 0 Å². The van der Waals surface area contributed by atoms with Crippen LogP contribution >= 0.6 is 0 Å². The van der Waals surface area contributed by atoms with Gasteiger partial charge in [-0.2, -0.15) is 0 Å². The summed E-state index contributed by atoms with van der Waals surface area (Å²) in [5.41, 5.74) is 1.37. The van der Waals surface area contributed by atoms with Gasteiger partial charge in [-0.25, -0.2) is 0 Å². The molecule has 0 radical (unpaired) electrons. The quantitative estimate of drug-likeness (QED) is 0.876. The van der Waals surface area contributed by atoms with Gasteiger partial charge >= 0.3 is 0 Å². The van der Waals surface area contributed by atoms with E-state index in [0.717, 1.165) is 10.9 Å². The maximum atomic E-state index is 11.9. The summed E-state index contributed by atoms with van der Waals surface area (Å²) in [6.45, 7) is 4.77. The fraction of sp³-hybridized carbons (Fsp3) is 0.375. The van der Waals surface area contributed by atoms with Crippen LogP contribution in [-0.4, -0.2) is 17.4 Å². The maximum Gasteiger partial charge on any atom is 0.251 e. The largest absolute Gasteiger partial charge is 0.356 e. The Bertz CT molecular complexity index is 659. The number of benzene rings is 1. The Morgan fingerprint density at radius 1 is 1.30 bits per heavy atom. The number of carbonyl (C=O) groups is 1. The van der Waals surface area contributed by atoms with Gasteiger partial charge < -0.3 is 10.3 Å². The summed E-state index contributed by atoms with van der Waals surface area (Å²) in [5.74, 6) is 0.425. The Kier molecular flexibility index (Phi) is 4.56. The predicted octanol–water partition coefficient (Wildman–Crippen LogP) is 2.23. The molecule has 2 rings (SSSR count). The van der Waals surface area contributed by atoms with Crippen LogP contribution in [0.4, 0.5) is 0 Å². The van der Waals surface area contributed by atoms with Gasteiger partial charge in [-0.1, -0.05) is 32.0 Å². The molecule has 0 unspecified atom stereocenters. The zero-order valence-electron chi connectivity index (χ0n) is 11.9. The molecule has 1 aromatic heterocycles. The third kappa shape index (κ3) is 3.70. The van der Waals surface area contributed by atoms with Gasteiger partial charge in [0.05, 0.1) is 0 Å². The van der Waals surface area contributed by atoms with Crippen LogP contribution in [0.2, 0.25) is 0 Å². The molecule has 0 aliphatic carbocycles. The van der Waals surface area contributed by atoms with E-state index in [1.54, 1.807) is 0 Å². The third-order valence-electron chi connectivity index (χ3n) is 3.16. The van der Waals surface area contributed by atoms with E-state index in [1.807, 2.05) is 44.2 Å². The summed E-state index contributed by atoms with van der Waals surface area (Å²) in [6.07, 6.45) is 0.804. The van der Waals surface area contributed by atoms with E-state index >= 15 is 0 Å². The Balaban J connectivity index is 2.04. The number of carbonyl (C=O) groups excluding carboxylic acids is 1. The van der Waals surface area contributed by atoms with Crippen LogP contribution < -0.4 is 10.9 Å². The molecule has 4 nitrogen and oxygen atoms in total. The lowest BCUT2D eigenvalue weighted by atomic mass is 10.1. The van der Waals surface area contributed by atoms with Crippen molar-refractivity contribution in [2.75, 3.05) is 6.54 Å². The number of para-hydroxylation sites is 1. The van der Waals surface area contributed by atoms with Crippen molar-refractivity contribution in [2.45, 2.75) is 26.7 Å². The van der Waals surface area contributed by atoms with Crippen LogP contribution in [0.1, 0.15) is 25.8 Å². The summed E-state index contributed by atoms with van der Waals surface area (Å²) < 4.78 is 0. The van der Waals surface area contributed by atoms with E-state index in [0.29, 0.717) is 30.9 Å². The number of H-pyrrole nitrogens is 1. The third-order valence-corrected chi connectivity index (χ3v) is 3.16. The minimum atomic E-state index is -0.111. The molecule has 0 atom stereocenters. The molecule has 4 heteroatoms. The number of nitrogens with one attached hydrogen (secondary N) is 2. The molecule has 0 aliphatic rings. The first-order valence-electron chi connectivity index (χ1n) is 6.94. The summed E-state index contributed by atoms with van der Waals surface area (Å²) in [4.78, 5) is 26.4. The predicted molar refractivity (Wildman–Crippen MR) is 80.7 cm³/mol. The highest BCUT2D eigenvalue weighted by Crippen LogP contribution is 2.10. The van der Waals surface area contributed by atoms with Crippen LogP contribution in [0.15, 0.2) is 35.1 Å². The average Bonchev–Trinajstić information content (AvgIpc) is 2.42. The van der Waals surface area contributed by atoms with Crippen LogP contribution in [0.5, 0.6) is 0 Å². The second kappa shape index (κ2) is 6.37. The minimum absolute atomic E-state index is 0.00809. The van der Waals surface area contributed by atoms with Gasteiger partial charge in [0, 0.05) is 24.0 Å². The molecule has 0 aliphatic heterocycles. The van der Waals surface area contributed by atoms with E-state index in [1.165, 1.54) is 0 Å². The smallest absolute Gasteiger partial charge is 0.251 e. The second-order valence-electron chi connectivity index (χ2n) is 5.41. The number of pyridine rings is 1. The van der Waals surface area contributed by atoms with Crippen LogP contribution in [0.3, 0.4) is 0 Å². The molecule has 0 saturated heterocycles. The van der Waals surface area contributed by atoms with Gasteiger partial charge in [-0.15, -0.1) is 0 Å². The Hall–Kier alpha value is -2.10. The molecule has 1 amide bonds. The summed E-state index contributed by atoms with van der Waals surface area (Å²) >= 11 is 0. The molecule has 0 saturated carbocycles. The summed E-state index contributed by atoms with van der Waals surface area (Å²) in [6, 6.07) is 9.50. The number of hydrogen-bond acceptors (Lipinski definition) is 2. The van der Waals surface area contributed by atoms with Crippen LogP contribution in [-0.2, 0) is 11.2 Å². The first-order chi connectivity index (χ1) is 9.56. The van der Waals surface area contributed by atoms with E-state index < -0.39 is 0 Å². The molecule has 0 fully saturated rings. The normalized spacial score (nSPS) is 10.9. The van der Waals surface area contributed by atoms with Crippen LogP contribution in [0.25, 0.3) is 10.9 Å². The monoisotopic (exact) mass is 272 g/mol. The van der Waals surface area contributed by atoms with E-state index in [9.17, 15) is 9.59 Å². The van der Waals surface area contributed by atoms with Crippen molar-refractivity contribution in [3.63, 3.8) is 0 Å². The van der Waals surface area contributed by atoms with Gasteiger partial charge in [-0.05, 0) is 29.9 Å². The number of rotatable bonds is 5. The highest BCUT2D eigenvalue weighted by atomic mass is 16.1. The molecule has 2 N–H and O–H groups in total. The molecule has 0 bridgehead atoms. The lowest BCUT2D eigenvalue weighted by Crippen LogP contribution is -2.28. The fourth-order valence-electron chi connectivity index (χ4n) is 2.03. The number of aromatic nitrogens is 1. The Morgan fingerprint density at radius 2 is 2.05 bits per heavy atom. The average molecular weight is 272 g/mol. The van der Waals surface area contributed by atoms with Crippen molar-refractivity contribution in [2.24, 2.45) is 5.92 Å². The molecular formula is C16H20N2O2. The minimum Gasteiger partial charge on any atom is -0.356 e. The molecule has 2 aromatic rings. The van der Waals surface area contributed by atoms with Gasteiger partial charge in [0.1, 0.15) is 0 Å². The SMILES string of the molecule is CC(C)CNC(=O)CCc1cc2ccccc2[nH]c1=O.